The molecule has 7 nitrogen and oxygen atoms in total. The minimum atomic E-state index is -0.326. The number of hydrogen-bond donors (Lipinski definition) is 1. The van der Waals surface area contributed by atoms with E-state index in [1.165, 1.54) is 6.92 Å². The SMILES string of the molecule is CC(=O)N1CCC[C@H]1C(=O)NCCc1nnc2ccccn12. The summed E-state index contributed by atoms with van der Waals surface area (Å²) in [6, 6.07) is 5.39. The normalized spacial score (nSPS) is 17.9. The van der Waals surface area contributed by atoms with Crippen molar-refractivity contribution in [1.29, 1.82) is 0 Å². The Labute approximate surface area is 128 Å². The van der Waals surface area contributed by atoms with Gasteiger partial charge in [-0.3, -0.25) is 14.0 Å². The third kappa shape index (κ3) is 2.79. The number of pyridine rings is 1. The lowest BCUT2D eigenvalue weighted by molar-refractivity contribution is -0.136. The number of amides is 2. The van der Waals surface area contributed by atoms with Gasteiger partial charge in [-0.05, 0) is 25.0 Å². The van der Waals surface area contributed by atoms with Crippen molar-refractivity contribution in [1.82, 2.24) is 24.8 Å². The zero-order chi connectivity index (χ0) is 15.5. The molecule has 22 heavy (non-hydrogen) atoms. The molecule has 1 aliphatic rings. The maximum Gasteiger partial charge on any atom is 0.242 e. The predicted molar refractivity (Wildman–Crippen MR) is 80.1 cm³/mol. The standard InChI is InChI=1S/C15H19N5O2/c1-11(21)19-10-4-5-12(19)15(22)16-8-7-14-18-17-13-6-2-3-9-20(13)14/h2-3,6,9,12H,4-5,7-8,10H2,1H3,(H,16,22)/t12-/m0/s1. The minimum absolute atomic E-state index is 0.0406. The van der Waals surface area contributed by atoms with Crippen LogP contribution in [0, 0.1) is 0 Å². The number of likely N-dealkylation sites (tertiary alicyclic amines) is 1. The molecular formula is C15H19N5O2. The molecule has 0 radical (unpaired) electrons. The molecule has 0 saturated carbocycles. The fraction of sp³-hybridized carbons (Fsp3) is 0.467. The van der Waals surface area contributed by atoms with Crippen LogP contribution >= 0.6 is 0 Å². The van der Waals surface area contributed by atoms with Gasteiger partial charge in [0.2, 0.25) is 11.8 Å². The van der Waals surface area contributed by atoms with Crippen LogP contribution in [0.3, 0.4) is 0 Å². The summed E-state index contributed by atoms with van der Waals surface area (Å²) in [5, 5.41) is 11.1. The van der Waals surface area contributed by atoms with Gasteiger partial charge in [-0.25, -0.2) is 0 Å². The third-order valence-electron chi connectivity index (χ3n) is 3.99. The maximum atomic E-state index is 12.2. The van der Waals surface area contributed by atoms with E-state index in [1.807, 2.05) is 28.8 Å². The second-order valence-electron chi connectivity index (χ2n) is 5.46. The van der Waals surface area contributed by atoms with Gasteiger partial charge in [-0.15, -0.1) is 10.2 Å². The lowest BCUT2D eigenvalue weighted by Crippen LogP contribution is -2.45. The number of hydrogen-bond acceptors (Lipinski definition) is 4. The van der Waals surface area contributed by atoms with E-state index in [2.05, 4.69) is 15.5 Å². The number of nitrogens with zero attached hydrogens (tertiary/aromatic N) is 4. The molecule has 0 spiro atoms. The Morgan fingerprint density at radius 3 is 3.05 bits per heavy atom. The first-order valence-electron chi connectivity index (χ1n) is 7.50. The Kier molecular flexibility index (Phi) is 4.04. The van der Waals surface area contributed by atoms with Crippen molar-refractivity contribution in [2.75, 3.05) is 13.1 Å². The molecule has 2 amide bonds. The first kappa shape index (κ1) is 14.5. The molecule has 7 heteroatoms. The van der Waals surface area contributed by atoms with Crippen LogP contribution in [0.15, 0.2) is 24.4 Å². The van der Waals surface area contributed by atoms with Gasteiger partial charge in [0.1, 0.15) is 11.9 Å². The zero-order valence-electron chi connectivity index (χ0n) is 12.5. The quantitative estimate of drug-likeness (QED) is 0.886. The molecule has 116 valence electrons. The van der Waals surface area contributed by atoms with E-state index in [0.717, 1.165) is 24.3 Å². The van der Waals surface area contributed by atoms with E-state index in [4.69, 9.17) is 0 Å². The maximum absolute atomic E-state index is 12.2. The molecule has 2 aromatic heterocycles. The molecule has 0 unspecified atom stereocenters. The number of rotatable bonds is 4. The van der Waals surface area contributed by atoms with Crippen molar-refractivity contribution in [3.8, 4) is 0 Å². The monoisotopic (exact) mass is 301 g/mol. The van der Waals surface area contributed by atoms with Crippen LogP contribution in [-0.4, -0.2) is 50.4 Å². The summed E-state index contributed by atoms with van der Waals surface area (Å²) in [6.07, 6.45) is 4.12. The molecule has 2 aromatic rings. The average Bonchev–Trinajstić information content (AvgIpc) is 3.14. The molecule has 1 saturated heterocycles. The molecular weight excluding hydrogens is 282 g/mol. The van der Waals surface area contributed by atoms with Crippen LogP contribution in [0.2, 0.25) is 0 Å². The van der Waals surface area contributed by atoms with Gasteiger partial charge in [-0.2, -0.15) is 0 Å². The molecule has 3 rings (SSSR count). The first-order valence-corrected chi connectivity index (χ1v) is 7.50. The molecule has 1 N–H and O–H groups in total. The van der Waals surface area contributed by atoms with Crippen LogP contribution in [0.25, 0.3) is 5.65 Å². The van der Waals surface area contributed by atoms with E-state index in [9.17, 15) is 9.59 Å². The van der Waals surface area contributed by atoms with Gasteiger partial charge in [0, 0.05) is 32.6 Å². The molecule has 1 fully saturated rings. The van der Waals surface area contributed by atoms with Crippen LogP contribution in [0.5, 0.6) is 0 Å². The summed E-state index contributed by atoms with van der Waals surface area (Å²) < 4.78 is 1.91. The highest BCUT2D eigenvalue weighted by Gasteiger charge is 2.31. The Bertz CT molecular complexity index is 696. The van der Waals surface area contributed by atoms with Crippen molar-refractivity contribution in [2.24, 2.45) is 0 Å². The van der Waals surface area contributed by atoms with Crippen molar-refractivity contribution in [2.45, 2.75) is 32.2 Å². The second-order valence-corrected chi connectivity index (χ2v) is 5.46. The summed E-state index contributed by atoms with van der Waals surface area (Å²) >= 11 is 0. The number of aromatic nitrogens is 3. The minimum Gasteiger partial charge on any atom is -0.354 e. The smallest absolute Gasteiger partial charge is 0.242 e. The van der Waals surface area contributed by atoms with Crippen LogP contribution in [-0.2, 0) is 16.0 Å². The lowest BCUT2D eigenvalue weighted by atomic mass is 10.2. The topological polar surface area (TPSA) is 79.6 Å². The van der Waals surface area contributed by atoms with E-state index < -0.39 is 0 Å². The fourth-order valence-electron chi connectivity index (χ4n) is 2.89. The summed E-state index contributed by atoms with van der Waals surface area (Å²) in [5.74, 6) is 0.688. The molecule has 0 aromatic carbocycles. The molecule has 1 aliphatic heterocycles. The highest BCUT2D eigenvalue weighted by Crippen LogP contribution is 2.17. The molecule has 3 heterocycles. The van der Waals surface area contributed by atoms with Gasteiger partial charge >= 0.3 is 0 Å². The molecule has 0 aliphatic carbocycles. The Hall–Kier alpha value is -2.44. The lowest BCUT2D eigenvalue weighted by Gasteiger charge is -2.22. The summed E-state index contributed by atoms with van der Waals surface area (Å²) in [5.41, 5.74) is 0.794. The Morgan fingerprint density at radius 2 is 2.23 bits per heavy atom. The fourth-order valence-corrected chi connectivity index (χ4v) is 2.89. The summed E-state index contributed by atoms with van der Waals surface area (Å²) in [4.78, 5) is 25.3. The highest BCUT2D eigenvalue weighted by atomic mass is 16.2. The van der Waals surface area contributed by atoms with Crippen molar-refractivity contribution in [3.05, 3.63) is 30.2 Å². The first-order chi connectivity index (χ1) is 10.7. The average molecular weight is 301 g/mol. The number of fused-ring (bicyclic) bond motifs is 1. The zero-order valence-corrected chi connectivity index (χ0v) is 12.5. The Balaban J connectivity index is 1.57. The largest absolute Gasteiger partial charge is 0.354 e. The number of nitrogens with one attached hydrogen (secondary N) is 1. The number of carbonyl (C=O) groups is 2. The second kappa shape index (κ2) is 6.13. The van der Waals surface area contributed by atoms with Crippen LogP contribution in [0.1, 0.15) is 25.6 Å². The number of carbonyl (C=O) groups excluding carboxylic acids is 2. The van der Waals surface area contributed by atoms with Crippen molar-refractivity contribution < 1.29 is 9.59 Å². The Morgan fingerprint density at radius 1 is 1.36 bits per heavy atom. The summed E-state index contributed by atoms with van der Waals surface area (Å²) in [7, 11) is 0. The van der Waals surface area contributed by atoms with Crippen LogP contribution in [0.4, 0.5) is 0 Å². The van der Waals surface area contributed by atoms with E-state index in [0.29, 0.717) is 19.5 Å². The van der Waals surface area contributed by atoms with E-state index in [-0.39, 0.29) is 17.9 Å². The van der Waals surface area contributed by atoms with Gasteiger partial charge in [-0.1, -0.05) is 6.07 Å². The van der Waals surface area contributed by atoms with Crippen LogP contribution < -0.4 is 5.32 Å². The van der Waals surface area contributed by atoms with Gasteiger partial charge in [0.15, 0.2) is 5.65 Å². The van der Waals surface area contributed by atoms with E-state index in [1.54, 1.807) is 4.90 Å². The van der Waals surface area contributed by atoms with Gasteiger partial charge < -0.3 is 10.2 Å². The van der Waals surface area contributed by atoms with Crippen molar-refractivity contribution >= 4 is 17.5 Å². The molecule has 0 bridgehead atoms. The highest BCUT2D eigenvalue weighted by molar-refractivity contribution is 5.87. The summed E-state index contributed by atoms with van der Waals surface area (Å²) in [6.45, 7) is 2.66. The van der Waals surface area contributed by atoms with Gasteiger partial charge in [0.05, 0.1) is 0 Å². The van der Waals surface area contributed by atoms with E-state index >= 15 is 0 Å². The predicted octanol–water partition coefficient (Wildman–Crippen LogP) is 0.399. The van der Waals surface area contributed by atoms with Gasteiger partial charge in [0.25, 0.3) is 0 Å². The molecule has 1 atom stereocenters. The third-order valence-corrected chi connectivity index (χ3v) is 3.99. The van der Waals surface area contributed by atoms with Crippen molar-refractivity contribution in [3.63, 3.8) is 0 Å².